The van der Waals surface area contributed by atoms with Gasteiger partial charge in [-0.05, 0) is 39.0 Å². The van der Waals surface area contributed by atoms with Gasteiger partial charge in [0.25, 0.3) is 6.43 Å². The fourth-order valence-electron chi connectivity index (χ4n) is 1.43. The average Bonchev–Trinajstić information content (AvgIpc) is 2.28. The first-order valence-corrected chi connectivity index (χ1v) is 5.89. The Bertz CT molecular complexity index is 486. The molecule has 0 radical (unpaired) electrons. The van der Waals surface area contributed by atoms with Gasteiger partial charge in [0, 0.05) is 11.3 Å². The number of halogens is 2. The Labute approximate surface area is 115 Å². The minimum Gasteiger partial charge on any atom is -0.508 e. The number of phenolic OH excluding ortho intramolecular Hbond substituents is 1. The van der Waals surface area contributed by atoms with Crippen molar-refractivity contribution in [2.75, 3.05) is 5.32 Å². The number of aliphatic hydroxyl groups is 1. The molecule has 5 nitrogen and oxygen atoms in total. The van der Waals surface area contributed by atoms with Crippen molar-refractivity contribution in [1.82, 2.24) is 0 Å². The van der Waals surface area contributed by atoms with Crippen molar-refractivity contribution in [3.05, 3.63) is 23.8 Å². The van der Waals surface area contributed by atoms with Crippen LogP contribution >= 0.6 is 0 Å². The summed E-state index contributed by atoms with van der Waals surface area (Å²) in [5.74, 6) is -0.479. The van der Waals surface area contributed by atoms with Gasteiger partial charge in [0.1, 0.15) is 17.5 Å². The van der Waals surface area contributed by atoms with Crippen LogP contribution < -0.4 is 5.32 Å². The normalized spacial score (nSPS) is 13.2. The predicted molar refractivity (Wildman–Crippen MR) is 68.9 cm³/mol. The molecular weight excluding hydrogens is 272 g/mol. The first kappa shape index (κ1) is 16.2. The number of aromatic hydroxyl groups is 1. The maximum atomic E-state index is 12.4. The van der Waals surface area contributed by atoms with E-state index in [0.717, 1.165) is 12.1 Å². The summed E-state index contributed by atoms with van der Waals surface area (Å²) in [7, 11) is 0. The van der Waals surface area contributed by atoms with Gasteiger partial charge >= 0.3 is 6.09 Å². The lowest BCUT2D eigenvalue weighted by Crippen LogP contribution is -2.27. The number of carbonyl (C=O) groups is 1. The van der Waals surface area contributed by atoms with Crippen LogP contribution in [0.5, 0.6) is 5.75 Å². The number of hydrogen-bond acceptors (Lipinski definition) is 4. The number of aliphatic hydroxyl groups excluding tert-OH is 1. The largest absolute Gasteiger partial charge is 0.508 e. The van der Waals surface area contributed by atoms with Crippen molar-refractivity contribution in [2.45, 2.75) is 38.9 Å². The Hall–Kier alpha value is -1.89. The number of benzene rings is 1. The molecule has 0 aliphatic rings. The predicted octanol–water partition coefficient (Wildman–Crippen LogP) is 3.04. The maximum Gasteiger partial charge on any atom is 0.412 e. The van der Waals surface area contributed by atoms with Gasteiger partial charge in [0.15, 0.2) is 0 Å². The Morgan fingerprint density at radius 1 is 1.35 bits per heavy atom. The molecule has 1 aromatic carbocycles. The minimum atomic E-state index is -3.04. The summed E-state index contributed by atoms with van der Waals surface area (Å²) >= 11 is 0. The number of hydrogen-bond donors (Lipinski definition) is 3. The zero-order valence-corrected chi connectivity index (χ0v) is 11.4. The quantitative estimate of drug-likeness (QED) is 0.747. The number of alkyl halides is 2. The molecule has 1 rings (SSSR count). The molecule has 3 N–H and O–H groups in total. The highest BCUT2D eigenvalue weighted by Crippen LogP contribution is 2.31. The van der Waals surface area contributed by atoms with E-state index in [2.05, 4.69) is 5.32 Å². The van der Waals surface area contributed by atoms with E-state index in [-0.39, 0.29) is 11.3 Å². The van der Waals surface area contributed by atoms with Crippen LogP contribution in [0.1, 0.15) is 32.4 Å². The molecule has 1 unspecified atom stereocenters. The van der Waals surface area contributed by atoms with Crippen molar-refractivity contribution >= 4 is 11.8 Å². The second-order valence-electron chi connectivity index (χ2n) is 5.18. The van der Waals surface area contributed by atoms with E-state index in [1.807, 2.05) is 0 Å². The molecule has 0 aromatic heterocycles. The Kier molecular flexibility index (Phi) is 4.88. The number of rotatable bonds is 3. The van der Waals surface area contributed by atoms with Crippen molar-refractivity contribution < 1.29 is 28.5 Å². The molecule has 1 amide bonds. The monoisotopic (exact) mass is 289 g/mol. The Balaban J connectivity index is 2.88. The molecule has 0 spiro atoms. The molecule has 0 saturated carbocycles. The van der Waals surface area contributed by atoms with Crippen LogP contribution in [0.25, 0.3) is 0 Å². The smallest absolute Gasteiger partial charge is 0.412 e. The second-order valence-corrected chi connectivity index (χ2v) is 5.18. The van der Waals surface area contributed by atoms with E-state index in [0.29, 0.717) is 0 Å². The van der Waals surface area contributed by atoms with Gasteiger partial charge in [0.2, 0.25) is 0 Å². The third-order valence-electron chi connectivity index (χ3n) is 2.23. The molecule has 0 aliphatic heterocycles. The van der Waals surface area contributed by atoms with Crippen LogP contribution in [0, 0.1) is 0 Å². The molecule has 0 saturated heterocycles. The topological polar surface area (TPSA) is 78.8 Å². The molecule has 7 heteroatoms. The second kappa shape index (κ2) is 6.04. The molecule has 0 bridgehead atoms. The SMILES string of the molecule is CC(C)(C)OC(=O)Nc1ccc(O)c(C(O)C(F)F)c1. The summed E-state index contributed by atoms with van der Waals surface area (Å²) < 4.78 is 29.9. The van der Waals surface area contributed by atoms with E-state index < -0.39 is 30.0 Å². The van der Waals surface area contributed by atoms with Crippen LogP contribution in [-0.2, 0) is 4.74 Å². The number of phenols is 1. The first-order valence-electron chi connectivity index (χ1n) is 5.89. The van der Waals surface area contributed by atoms with Gasteiger partial charge < -0.3 is 14.9 Å². The van der Waals surface area contributed by atoms with Crippen LogP contribution in [0.3, 0.4) is 0 Å². The Morgan fingerprint density at radius 3 is 2.45 bits per heavy atom. The van der Waals surface area contributed by atoms with Crippen LogP contribution in [0.4, 0.5) is 19.3 Å². The van der Waals surface area contributed by atoms with Gasteiger partial charge in [0.05, 0.1) is 0 Å². The molecule has 0 heterocycles. The summed E-state index contributed by atoms with van der Waals surface area (Å²) in [4.78, 5) is 11.5. The summed E-state index contributed by atoms with van der Waals surface area (Å²) in [6.07, 6.45) is -5.94. The van der Waals surface area contributed by atoms with E-state index >= 15 is 0 Å². The standard InChI is InChI=1S/C13H17F2NO4/c1-13(2,3)20-12(19)16-7-4-5-9(17)8(6-7)10(18)11(14)15/h4-6,10-11,17-18H,1-3H3,(H,16,19). The minimum absolute atomic E-state index is 0.131. The van der Waals surface area contributed by atoms with Crippen molar-refractivity contribution in [3.63, 3.8) is 0 Å². The van der Waals surface area contributed by atoms with Gasteiger partial charge in [-0.2, -0.15) is 0 Å². The van der Waals surface area contributed by atoms with E-state index in [4.69, 9.17) is 4.74 Å². The molecule has 0 aliphatic carbocycles. The highest BCUT2D eigenvalue weighted by Gasteiger charge is 2.23. The van der Waals surface area contributed by atoms with Gasteiger partial charge in [-0.3, -0.25) is 5.32 Å². The highest BCUT2D eigenvalue weighted by atomic mass is 19.3. The summed E-state index contributed by atoms with van der Waals surface area (Å²) in [6.45, 7) is 5.03. The molecule has 1 atom stereocenters. The third-order valence-corrected chi connectivity index (χ3v) is 2.23. The van der Waals surface area contributed by atoms with Gasteiger partial charge in [-0.25, -0.2) is 13.6 Å². The fourth-order valence-corrected chi connectivity index (χ4v) is 1.43. The van der Waals surface area contributed by atoms with Crippen LogP contribution in [-0.4, -0.2) is 28.3 Å². The van der Waals surface area contributed by atoms with Crippen LogP contribution in [0.2, 0.25) is 0 Å². The lowest BCUT2D eigenvalue weighted by atomic mass is 10.1. The molecule has 112 valence electrons. The zero-order chi connectivity index (χ0) is 15.5. The number of ether oxygens (including phenoxy) is 1. The van der Waals surface area contributed by atoms with Crippen LogP contribution in [0.15, 0.2) is 18.2 Å². The number of amides is 1. The lowest BCUT2D eigenvalue weighted by molar-refractivity contribution is -0.00694. The molecule has 0 fully saturated rings. The van der Waals surface area contributed by atoms with Gasteiger partial charge in [-0.1, -0.05) is 0 Å². The van der Waals surface area contributed by atoms with Crippen molar-refractivity contribution in [2.24, 2.45) is 0 Å². The first-order chi connectivity index (χ1) is 9.10. The lowest BCUT2D eigenvalue weighted by Gasteiger charge is -2.20. The number of carbonyl (C=O) groups excluding carboxylic acids is 1. The van der Waals surface area contributed by atoms with E-state index in [9.17, 15) is 23.8 Å². The summed E-state index contributed by atoms with van der Waals surface area (Å²) in [6, 6.07) is 3.48. The van der Waals surface area contributed by atoms with Crippen molar-refractivity contribution in [3.8, 4) is 5.75 Å². The fraction of sp³-hybridized carbons (Fsp3) is 0.462. The Morgan fingerprint density at radius 2 is 1.95 bits per heavy atom. The van der Waals surface area contributed by atoms with Gasteiger partial charge in [-0.15, -0.1) is 0 Å². The third kappa shape index (κ3) is 4.65. The maximum absolute atomic E-state index is 12.4. The molecular formula is C13H17F2NO4. The zero-order valence-electron chi connectivity index (χ0n) is 11.4. The number of anilines is 1. The summed E-state index contributed by atoms with van der Waals surface area (Å²) in [5, 5.41) is 21.0. The molecule has 20 heavy (non-hydrogen) atoms. The van der Waals surface area contributed by atoms with Crippen molar-refractivity contribution in [1.29, 1.82) is 0 Å². The average molecular weight is 289 g/mol. The number of nitrogens with one attached hydrogen (secondary N) is 1. The van der Waals surface area contributed by atoms with E-state index in [1.54, 1.807) is 20.8 Å². The summed E-state index contributed by atoms with van der Waals surface area (Å²) in [5.41, 5.74) is -0.938. The molecule has 1 aromatic rings. The van der Waals surface area contributed by atoms with E-state index in [1.165, 1.54) is 6.07 Å². The highest BCUT2D eigenvalue weighted by molar-refractivity contribution is 5.85.